The first-order chi connectivity index (χ1) is 15.5. The predicted molar refractivity (Wildman–Crippen MR) is 128 cm³/mol. The number of hydrogen-bond acceptors (Lipinski definition) is 8. The molecule has 0 saturated heterocycles. The number of pyridine rings is 2. The Bertz CT molecular complexity index is 725. The van der Waals surface area contributed by atoms with Crippen molar-refractivity contribution in [1.29, 1.82) is 0 Å². The fourth-order valence-corrected chi connectivity index (χ4v) is 8.38. The van der Waals surface area contributed by atoms with Gasteiger partial charge < -0.3 is 26.6 Å². The summed E-state index contributed by atoms with van der Waals surface area (Å²) < 4.78 is 36.3. The Morgan fingerprint density at radius 2 is 0.812 bits per heavy atom. The van der Waals surface area contributed by atoms with Gasteiger partial charge in [-0.2, -0.15) is 0 Å². The van der Waals surface area contributed by atoms with Gasteiger partial charge in [-0.15, -0.1) is 0 Å². The van der Waals surface area contributed by atoms with E-state index in [1.54, 1.807) is 12.4 Å². The minimum Gasteiger partial charge on any atom is -0.370 e. The van der Waals surface area contributed by atoms with Crippen LogP contribution in [0.5, 0.6) is 0 Å². The molecule has 0 saturated carbocycles. The monoisotopic (exact) mass is 480 g/mol. The minimum absolute atomic E-state index is 0.489. The molecule has 0 bridgehead atoms. The molecule has 0 N–H and O–H groups in total. The van der Waals surface area contributed by atoms with E-state index in [1.165, 1.54) is 0 Å². The van der Waals surface area contributed by atoms with Gasteiger partial charge >= 0.3 is 17.6 Å². The van der Waals surface area contributed by atoms with Gasteiger partial charge in [0, 0.05) is 62.4 Å². The third-order valence-electron chi connectivity index (χ3n) is 4.50. The van der Waals surface area contributed by atoms with Crippen LogP contribution < -0.4 is 10.4 Å². The lowest BCUT2D eigenvalue weighted by Gasteiger charge is -2.29. The zero-order valence-corrected chi connectivity index (χ0v) is 22.1. The molecule has 0 fully saturated rings. The maximum atomic E-state index is 6.05. The maximum absolute atomic E-state index is 6.05. The second kappa shape index (κ2) is 13.3. The number of nitrogens with zero attached hydrogens (tertiary/aromatic N) is 2. The Kier molecular flexibility index (Phi) is 11.1. The fourth-order valence-electron chi connectivity index (χ4n) is 3.41. The number of aromatic nitrogens is 2. The lowest BCUT2D eigenvalue weighted by Crippen LogP contribution is -2.57. The summed E-state index contributed by atoms with van der Waals surface area (Å²) in [5.74, 6) is 0. The van der Waals surface area contributed by atoms with Gasteiger partial charge in [0.25, 0.3) is 0 Å². The summed E-state index contributed by atoms with van der Waals surface area (Å²) in [6.07, 6.45) is 3.46. The van der Waals surface area contributed by atoms with Crippen molar-refractivity contribution in [3.63, 3.8) is 0 Å². The number of hydrogen-bond donors (Lipinski definition) is 0. The van der Waals surface area contributed by atoms with Crippen LogP contribution in [0, 0.1) is 0 Å². The van der Waals surface area contributed by atoms with Gasteiger partial charge in [-0.1, -0.05) is 0 Å². The van der Waals surface area contributed by atoms with Gasteiger partial charge in [-0.05, 0) is 65.8 Å². The molecule has 10 heteroatoms. The zero-order chi connectivity index (χ0) is 23.5. The molecule has 2 rings (SSSR count). The van der Waals surface area contributed by atoms with Crippen molar-refractivity contribution in [2.45, 2.75) is 41.5 Å². The van der Waals surface area contributed by atoms with Crippen LogP contribution in [0.15, 0.2) is 36.7 Å². The Morgan fingerprint density at radius 1 is 0.531 bits per heavy atom. The molecule has 0 atom stereocenters. The topological polar surface area (TPSA) is 81.2 Å². The lowest BCUT2D eigenvalue weighted by atomic mass is 10.2. The van der Waals surface area contributed by atoms with Crippen molar-refractivity contribution < 1.29 is 26.6 Å². The van der Waals surface area contributed by atoms with Crippen molar-refractivity contribution in [1.82, 2.24) is 9.97 Å². The van der Waals surface area contributed by atoms with E-state index in [4.69, 9.17) is 26.6 Å². The Morgan fingerprint density at radius 3 is 1.06 bits per heavy atom. The SMILES string of the molecule is CCO[Si](OCC)(OCC)c1ccnc(-c2cc([Si](OCC)(OCC)OCC)ccn2)c1. The first kappa shape index (κ1) is 26.7. The van der Waals surface area contributed by atoms with E-state index in [0.29, 0.717) is 51.0 Å². The molecule has 0 unspecified atom stereocenters. The standard InChI is InChI=1S/C22H36N2O6Si2/c1-7-25-31(26-8-2,27-9-3)19-13-15-23-21(17-19)22-18-20(14-16-24-22)32(28-10-4,29-11-5)30-12-6/h13-18H,7-12H2,1-6H3. The van der Waals surface area contributed by atoms with Crippen LogP contribution in [0.25, 0.3) is 11.4 Å². The molecule has 0 spiro atoms. The van der Waals surface area contributed by atoms with Crippen LogP contribution in [-0.2, 0) is 26.6 Å². The van der Waals surface area contributed by atoms with E-state index < -0.39 is 17.6 Å². The van der Waals surface area contributed by atoms with Crippen LogP contribution in [-0.4, -0.2) is 67.2 Å². The molecule has 178 valence electrons. The van der Waals surface area contributed by atoms with Crippen molar-refractivity contribution in [2.24, 2.45) is 0 Å². The first-order valence-electron chi connectivity index (χ1n) is 11.3. The highest BCUT2D eigenvalue weighted by Gasteiger charge is 2.45. The molecule has 0 aliphatic rings. The van der Waals surface area contributed by atoms with Crippen molar-refractivity contribution in [3.05, 3.63) is 36.7 Å². The molecule has 0 aromatic carbocycles. The molecule has 8 nitrogen and oxygen atoms in total. The molecule has 0 aliphatic heterocycles. The normalized spacial score (nSPS) is 12.3. The highest BCUT2D eigenvalue weighted by molar-refractivity contribution is 6.76. The molecule has 2 aromatic heterocycles. The maximum Gasteiger partial charge on any atom is 0.537 e. The third kappa shape index (κ3) is 6.30. The quantitative estimate of drug-likeness (QED) is 0.360. The smallest absolute Gasteiger partial charge is 0.370 e. The largest absolute Gasteiger partial charge is 0.537 e. The van der Waals surface area contributed by atoms with Gasteiger partial charge in [-0.25, -0.2) is 0 Å². The van der Waals surface area contributed by atoms with E-state index >= 15 is 0 Å². The second-order valence-electron chi connectivity index (χ2n) is 6.57. The van der Waals surface area contributed by atoms with E-state index in [2.05, 4.69) is 9.97 Å². The van der Waals surface area contributed by atoms with Crippen LogP contribution in [0.3, 0.4) is 0 Å². The van der Waals surface area contributed by atoms with Crippen LogP contribution in [0.2, 0.25) is 0 Å². The molecular weight excluding hydrogens is 444 g/mol. The molecule has 32 heavy (non-hydrogen) atoms. The summed E-state index contributed by atoms with van der Waals surface area (Å²) in [5.41, 5.74) is 1.38. The summed E-state index contributed by atoms with van der Waals surface area (Å²) in [5, 5.41) is 1.70. The summed E-state index contributed by atoms with van der Waals surface area (Å²) in [6.45, 7) is 14.6. The highest BCUT2D eigenvalue weighted by atomic mass is 28.4. The summed E-state index contributed by atoms with van der Waals surface area (Å²) >= 11 is 0. The van der Waals surface area contributed by atoms with Crippen LogP contribution in [0.4, 0.5) is 0 Å². The van der Waals surface area contributed by atoms with E-state index in [9.17, 15) is 0 Å². The van der Waals surface area contributed by atoms with Crippen LogP contribution in [0.1, 0.15) is 41.5 Å². The van der Waals surface area contributed by atoms with Gasteiger partial charge in [0.15, 0.2) is 0 Å². The average molecular weight is 481 g/mol. The van der Waals surface area contributed by atoms with E-state index in [0.717, 1.165) is 10.4 Å². The van der Waals surface area contributed by atoms with E-state index in [-0.39, 0.29) is 0 Å². The molecule has 2 heterocycles. The van der Waals surface area contributed by atoms with Gasteiger partial charge in [0.1, 0.15) is 0 Å². The molecule has 0 aliphatic carbocycles. The molecule has 2 aromatic rings. The van der Waals surface area contributed by atoms with E-state index in [1.807, 2.05) is 65.8 Å². The average Bonchev–Trinajstić information content (AvgIpc) is 2.80. The Balaban J connectivity index is 2.53. The van der Waals surface area contributed by atoms with Crippen LogP contribution >= 0.6 is 0 Å². The highest BCUT2D eigenvalue weighted by Crippen LogP contribution is 2.18. The predicted octanol–water partition coefficient (Wildman–Crippen LogP) is 2.65. The Hall–Kier alpha value is -1.51. The molecule has 0 amide bonds. The van der Waals surface area contributed by atoms with Crippen molar-refractivity contribution in [3.8, 4) is 11.4 Å². The van der Waals surface area contributed by atoms with Crippen molar-refractivity contribution >= 4 is 28.0 Å². The van der Waals surface area contributed by atoms with Gasteiger partial charge in [0.2, 0.25) is 0 Å². The summed E-state index contributed by atoms with van der Waals surface area (Å²) in [4.78, 5) is 9.10. The van der Waals surface area contributed by atoms with Crippen molar-refractivity contribution in [2.75, 3.05) is 39.6 Å². The number of rotatable bonds is 15. The summed E-state index contributed by atoms with van der Waals surface area (Å²) in [6, 6.07) is 7.65. The lowest BCUT2D eigenvalue weighted by molar-refractivity contribution is 0.0851. The Labute approximate surface area is 193 Å². The van der Waals surface area contributed by atoms with Gasteiger partial charge in [0.05, 0.1) is 11.4 Å². The minimum atomic E-state index is -3.06. The molecular formula is C22H36N2O6Si2. The third-order valence-corrected chi connectivity index (χ3v) is 10.5. The zero-order valence-electron chi connectivity index (χ0n) is 20.1. The fraction of sp³-hybridized carbons (Fsp3) is 0.545. The van der Waals surface area contributed by atoms with Gasteiger partial charge in [-0.3, -0.25) is 9.97 Å². The first-order valence-corrected chi connectivity index (χ1v) is 14.8. The second-order valence-corrected chi connectivity index (χ2v) is 11.7. The summed E-state index contributed by atoms with van der Waals surface area (Å²) in [7, 11) is -6.11. The molecule has 0 radical (unpaired) electrons.